The second-order valence-corrected chi connectivity index (χ2v) is 5.10. The monoisotopic (exact) mass is 199 g/mol. The fourth-order valence-electron chi connectivity index (χ4n) is 2.21. The molecule has 0 aromatic heterocycles. The highest BCUT2D eigenvalue weighted by molar-refractivity contribution is 5.67. The molecule has 0 aromatic rings. The maximum Gasteiger partial charge on any atom is 0.407 e. The third-order valence-corrected chi connectivity index (χ3v) is 4.05. The molecule has 0 aromatic carbocycles. The molecule has 1 rings (SSSR count). The van der Waals surface area contributed by atoms with Crippen LogP contribution in [0.5, 0.6) is 0 Å². The number of amides is 1. The average molecular weight is 199 g/mol. The Morgan fingerprint density at radius 1 is 1.29 bits per heavy atom. The lowest BCUT2D eigenvalue weighted by atomic mass is 10.0. The highest BCUT2D eigenvalue weighted by atomic mass is 16.5. The molecule has 0 atom stereocenters. The van der Waals surface area contributed by atoms with Gasteiger partial charge >= 0.3 is 6.09 Å². The minimum Gasteiger partial charge on any atom is -0.450 e. The van der Waals surface area contributed by atoms with Crippen molar-refractivity contribution in [3.63, 3.8) is 0 Å². The van der Waals surface area contributed by atoms with E-state index in [4.69, 9.17) is 4.74 Å². The zero-order valence-electron chi connectivity index (χ0n) is 9.81. The van der Waals surface area contributed by atoms with Gasteiger partial charge in [0.1, 0.15) is 0 Å². The van der Waals surface area contributed by atoms with Crippen molar-refractivity contribution < 1.29 is 9.53 Å². The Morgan fingerprint density at radius 2 is 1.79 bits per heavy atom. The van der Waals surface area contributed by atoms with E-state index in [0.29, 0.717) is 23.4 Å². The van der Waals surface area contributed by atoms with Gasteiger partial charge in [0.2, 0.25) is 0 Å². The standard InChI is InChI=1S/C11H21NO2/c1-6-14-9(13)12-7-8-10(2,3)11(8,4)5/h8H,6-7H2,1-5H3,(H,12,13). The average Bonchev–Trinajstić information content (AvgIpc) is 2.41. The van der Waals surface area contributed by atoms with Crippen LogP contribution in [0.2, 0.25) is 0 Å². The molecular weight excluding hydrogens is 178 g/mol. The summed E-state index contributed by atoms with van der Waals surface area (Å²) in [6.45, 7) is 11.9. The van der Waals surface area contributed by atoms with Gasteiger partial charge in [-0.15, -0.1) is 0 Å². The van der Waals surface area contributed by atoms with Gasteiger partial charge in [0.05, 0.1) is 6.61 Å². The summed E-state index contributed by atoms with van der Waals surface area (Å²) in [5, 5.41) is 2.80. The Kier molecular flexibility index (Phi) is 2.79. The van der Waals surface area contributed by atoms with Gasteiger partial charge in [0.15, 0.2) is 0 Å². The third kappa shape index (κ3) is 1.72. The highest BCUT2D eigenvalue weighted by Gasteiger charge is 2.64. The van der Waals surface area contributed by atoms with Crippen molar-refractivity contribution in [3.05, 3.63) is 0 Å². The van der Waals surface area contributed by atoms with Crippen molar-refractivity contribution in [1.82, 2.24) is 5.32 Å². The lowest BCUT2D eigenvalue weighted by molar-refractivity contribution is 0.151. The summed E-state index contributed by atoms with van der Waals surface area (Å²) in [7, 11) is 0. The molecule has 0 heterocycles. The number of nitrogens with one attached hydrogen (secondary N) is 1. The molecular formula is C11H21NO2. The molecule has 0 unspecified atom stereocenters. The summed E-state index contributed by atoms with van der Waals surface area (Å²) in [5.74, 6) is 0.555. The van der Waals surface area contributed by atoms with Crippen molar-refractivity contribution in [1.29, 1.82) is 0 Å². The Bertz CT molecular complexity index is 219. The first kappa shape index (κ1) is 11.3. The van der Waals surface area contributed by atoms with E-state index in [9.17, 15) is 4.79 Å². The minimum atomic E-state index is -0.300. The van der Waals surface area contributed by atoms with Crippen LogP contribution in [-0.4, -0.2) is 19.2 Å². The van der Waals surface area contributed by atoms with Crippen molar-refractivity contribution in [2.75, 3.05) is 13.2 Å². The quantitative estimate of drug-likeness (QED) is 0.758. The van der Waals surface area contributed by atoms with Crippen LogP contribution in [-0.2, 0) is 4.74 Å². The summed E-state index contributed by atoms with van der Waals surface area (Å²) in [4.78, 5) is 11.1. The first-order valence-corrected chi connectivity index (χ1v) is 5.24. The predicted molar refractivity (Wildman–Crippen MR) is 56.1 cm³/mol. The van der Waals surface area contributed by atoms with Crippen LogP contribution in [0.3, 0.4) is 0 Å². The van der Waals surface area contributed by atoms with Crippen molar-refractivity contribution in [2.24, 2.45) is 16.7 Å². The molecule has 1 aliphatic carbocycles. The van der Waals surface area contributed by atoms with Gasteiger partial charge in [-0.3, -0.25) is 0 Å². The van der Waals surface area contributed by atoms with Crippen molar-refractivity contribution >= 4 is 6.09 Å². The van der Waals surface area contributed by atoms with Gasteiger partial charge in [0.25, 0.3) is 0 Å². The van der Waals surface area contributed by atoms with Crippen molar-refractivity contribution in [2.45, 2.75) is 34.6 Å². The number of ether oxygens (including phenoxy) is 1. The van der Waals surface area contributed by atoms with Crippen LogP contribution >= 0.6 is 0 Å². The number of rotatable bonds is 3. The van der Waals surface area contributed by atoms with Gasteiger partial charge in [0, 0.05) is 6.54 Å². The summed E-state index contributed by atoms with van der Waals surface area (Å²) >= 11 is 0. The smallest absolute Gasteiger partial charge is 0.407 e. The van der Waals surface area contributed by atoms with Crippen LogP contribution in [0.25, 0.3) is 0 Å². The molecule has 0 spiro atoms. The number of carbonyl (C=O) groups excluding carboxylic acids is 1. The minimum absolute atomic E-state index is 0.300. The molecule has 1 fully saturated rings. The molecule has 3 heteroatoms. The van der Waals surface area contributed by atoms with Crippen LogP contribution in [0.15, 0.2) is 0 Å². The summed E-state index contributed by atoms with van der Waals surface area (Å²) in [6, 6.07) is 0. The largest absolute Gasteiger partial charge is 0.450 e. The third-order valence-electron chi connectivity index (χ3n) is 4.05. The van der Waals surface area contributed by atoms with Gasteiger partial charge in [-0.25, -0.2) is 4.79 Å². The molecule has 0 bridgehead atoms. The van der Waals surface area contributed by atoms with E-state index in [2.05, 4.69) is 33.0 Å². The zero-order chi connectivity index (χ0) is 11.0. The van der Waals surface area contributed by atoms with E-state index in [1.807, 2.05) is 6.92 Å². The Morgan fingerprint density at radius 3 is 2.14 bits per heavy atom. The Labute approximate surface area is 86.2 Å². The molecule has 1 N–H and O–H groups in total. The number of alkyl carbamates (subject to hydrolysis) is 1. The molecule has 1 saturated carbocycles. The Balaban J connectivity index is 2.32. The lowest BCUT2D eigenvalue weighted by Gasteiger charge is -2.05. The Hall–Kier alpha value is -0.730. The molecule has 0 aliphatic heterocycles. The van der Waals surface area contributed by atoms with E-state index < -0.39 is 0 Å². The normalized spacial score (nSPS) is 22.9. The van der Waals surface area contributed by atoms with E-state index in [-0.39, 0.29) is 6.09 Å². The summed E-state index contributed by atoms with van der Waals surface area (Å²) < 4.78 is 4.81. The molecule has 0 radical (unpaired) electrons. The second-order valence-electron chi connectivity index (χ2n) is 5.10. The molecule has 0 saturated heterocycles. The predicted octanol–water partition coefficient (Wildman–Crippen LogP) is 2.41. The number of hydrogen-bond acceptors (Lipinski definition) is 2. The van der Waals surface area contributed by atoms with E-state index >= 15 is 0 Å². The van der Waals surface area contributed by atoms with E-state index in [1.54, 1.807) is 0 Å². The molecule has 82 valence electrons. The van der Waals surface area contributed by atoms with Crippen LogP contribution < -0.4 is 5.32 Å². The van der Waals surface area contributed by atoms with Gasteiger partial charge < -0.3 is 10.1 Å². The second kappa shape index (κ2) is 3.44. The summed E-state index contributed by atoms with van der Waals surface area (Å²) in [5.41, 5.74) is 0.652. The van der Waals surface area contributed by atoms with Crippen LogP contribution in [0.4, 0.5) is 4.79 Å². The molecule has 3 nitrogen and oxygen atoms in total. The maximum absolute atomic E-state index is 11.1. The molecule has 14 heavy (non-hydrogen) atoms. The summed E-state index contributed by atoms with van der Waals surface area (Å²) in [6.07, 6.45) is -0.300. The SMILES string of the molecule is CCOC(=O)NCC1C(C)(C)C1(C)C. The fraction of sp³-hybridized carbons (Fsp3) is 0.909. The van der Waals surface area contributed by atoms with E-state index in [1.165, 1.54) is 0 Å². The highest BCUT2D eigenvalue weighted by Crippen LogP contribution is 2.67. The number of hydrogen-bond donors (Lipinski definition) is 1. The van der Waals surface area contributed by atoms with Crippen molar-refractivity contribution in [3.8, 4) is 0 Å². The molecule has 1 aliphatic rings. The van der Waals surface area contributed by atoms with Gasteiger partial charge in [-0.1, -0.05) is 27.7 Å². The molecule has 1 amide bonds. The van der Waals surface area contributed by atoms with Gasteiger partial charge in [-0.05, 0) is 23.7 Å². The lowest BCUT2D eigenvalue weighted by Crippen LogP contribution is -2.27. The maximum atomic E-state index is 11.1. The first-order chi connectivity index (χ1) is 6.34. The van der Waals surface area contributed by atoms with Crippen LogP contribution in [0, 0.1) is 16.7 Å². The van der Waals surface area contributed by atoms with Gasteiger partial charge in [-0.2, -0.15) is 0 Å². The topological polar surface area (TPSA) is 38.3 Å². The first-order valence-electron chi connectivity index (χ1n) is 5.24. The van der Waals surface area contributed by atoms with Crippen LogP contribution in [0.1, 0.15) is 34.6 Å². The fourth-order valence-corrected chi connectivity index (χ4v) is 2.21. The number of carbonyl (C=O) groups is 1. The van der Waals surface area contributed by atoms with E-state index in [0.717, 1.165) is 6.54 Å². The zero-order valence-corrected chi connectivity index (χ0v) is 9.81.